The molecule has 0 amide bonds. The molecule has 11 radical (unpaired) electrons. The Morgan fingerprint density at radius 1 is 0.400 bits per heavy atom. The van der Waals surface area contributed by atoms with Crippen LogP contribution in [0.2, 0.25) is 0 Å². The molecule has 0 bridgehead atoms. The summed E-state index contributed by atoms with van der Waals surface area (Å²) in [5.41, 5.74) is 0. The maximum absolute atomic E-state index is 0. The van der Waals surface area contributed by atoms with Crippen molar-refractivity contribution in [3.63, 3.8) is 0 Å². The summed E-state index contributed by atoms with van der Waals surface area (Å²) < 4.78 is 0. The third kappa shape index (κ3) is 18.2. The van der Waals surface area contributed by atoms with E-state index in [1.807, 2.05) is 0 Å². The van der Waals surface area contributed by atoms with Crippen LogP contribution in [0, 0.1) is 0 Å². The predicted molar refractivity (Wildman–Crippen MR) is 11.5 cm³/mol. The molecule has 0 aliphatic carbocycles. The van der Waals surface area contributed by atoms with Gasteiger partial charge in [-0.3, -0.25) is 0 Å². The Balaban J connectivity index is 0. The first-order chi connectivity index (χ1) is 0. The van der Waals surface area contributed by atoms with Gasteiger partial charge < -0.3 is 0 Å². The molecule has 0 aromatic heterocycles. The Morgan fingerprint density at radius 2 is 0.400 bits per heavy atom. The molecule has 0 nitrogen and oxygen atoms in total. The van der Waals surface area contributed by atoms with Gasteiger partial charge in [-0.25, -0.2) is 0 Å². The van der Waals surface area contributed by atoms with Crippen LogP contribution in [0.4, 0.5) is 0 Å². The van der Waals surface area contributed by atoms with Crippen molar-refractivity contribution in [1.82, 2.24) is 0 Å². The summed E-state index contributed by atoms with van der Waals surface area (Å²) in [6, 6.07) is 0. The van der Waals surface area contributed by atoms with E-state index in [-0.39, 0.29) is 115 Å². The molecule has 0 aromatic carbocycles. The molecule has 0 N–H and O–H groups in total. The van der Waals surface area contributed by atoms with Gasteiger partial charge in [0.15, 0.2) is 0 Å². The summed E-state index contributed by atoms with van der Waals surface area (Å²) in [6.45, 7) is 0. The normalized spacial score (nSPS) is 0. The van der Waals surface area contributed by atoms with Crippen LogP contribution in [-0.4, -0.2) is 47.8 Å². The van der Waals surface area contributed by atoms with Crippen molar-refractivity contribution < 1.29 is 67.1 Å². The quantitative estimate of drug-likeness (QED) is 0.282. The van der Waals surface area contributed by atoms with E-state index in [4.69, 9.17) is 0 Å². The van der Waals surface area contributed by atoms with Crippen LogP contribution in [0.15, 0.2) is 0 Å². The van der Waals surface area contributed by atoms with Crippen molar-refractivity contribution in [2.75, 3.05) is 0 Å². The molecule has 0 fully saturated rings. The van der Waals surface area contributed by atoms with Crippen molar-refractivity contribution in [2.24, 2.45) is 0 Å². The van der Waals surface area contributed by atoms with Gasteiger partial charge in [-0.05, 0) is 0 Å². The molecule has 0 aliphatic heterocycles. The second kappa shape index (κ2) is 24.9. The van der Waals surface area contributed by atoms with Crippen molar-refractivity contribution in [3.8, 4) is 0 Å². The van der Waals surface area contributed by atoms with Gasteiger partial charge in [0.2, 0.25) is 0 Å². The van der Waals surface area contributed by atoms with Gasteiger partial charge in [-0.15, -0.1) is 0 Å². The van der Waals surface area contributed by atoms with Crippen LogP contribution in [0.25, 0.3) is 0 Å². The molecule has 0 rings (SSSR count). The first-order valence-electron chi connectivity index (χ1n) is 0. The smallest absolute Gasteiger partial charge is 0 e. The van der Waals surface area contributed by atoms with E-state index in [1.54, 1.807) is 0 Å². The molecule has 5 heteroatoms. The van der Waals surface area contributed by atoms with Crippen molar-refractivity contribution in [2.45, 2.75) is 0 Å². The molecule has 41 valence electrons. The zero-order valence-electron chi connectivity index (χ0n) is 1.90. The fraction of sp³-hybridized carbons (Fsp3) is 0. The Morgan fingerprint density at radius 3 is 0.400 bits per heavy atom. The minimum Gasteiger partial charge on any atom is 0 e. The van der Waals surface area contributed by atoms with Gasteiger partial charge in [0.25, 0.3) is 0 Å². The number of hydrogen-bond acceptors (Lipinski definition) is 0. The molecule has 0 saturated heterocycles. The standard InChI is InChI=1S/3Au.2Sn. The zero-order valence-corrected chi connectivity index (χ0v) is 14.1. The summed E-state index contributed by atoms with van der Waals surface area (Å²) in [7, 11) is 0. The maximum atomic E-state index is 0. The first kappa shape index (κ1) is 37.0. The van der Waals surface area contributed by atoms with Crippen LogP contribution in [-0.2, 0) is 67.1 Å². The molecule has 0 aromatic rings. The van der Waals surface area contributed by atoms with Crippen molar-refractivity contribution in [3.05, 3.63) is 0 Å². The fourth-order valence-electron chi connectivity index (χ4n) is 0. The molecular weight excluding hydrogens is 828 g/mol. The second-order valence-electron chi connectivity index (χ2n) is 0. The summed E-state index contributed by atoms with van der Waals surface area (Å²) >= 11 is 0. The molecule has 0 aliphatic rings. The number of hydrogen-bond donors (Lipinski definition) is 0. The van der Waals surface area contributed by atoms with E-state index in [1.165, 1.54) is 0 Å². The van der Waals surface area contributed by atoms with Gasteiger partial charge in [0, 0.05) is 115 Å². The van der Waals surface area contributed by atoms with E-state index in [2.05, 4.69) is 0 Å². The van der Waals surface area contributed by atoms with Gasteiger partial charge in [0.1, 0.15) is 0 Å². The molecule has 0 spiro atoms. The van der Waals surface area contributed by atoms with Crippen LogP contribution in [0.5, 0.6) is 0 Å². The molecule has 0 heterocycles. The largest absolute Gasteiger partial charge is 0 e. The summed E-state index contributed by atoms with van der Waals surface area (Å²) in [4.78, 5) is 0. The summed E-state index contributed by atoms with van der Waals surface area (Å²) in [6.07, 6.45) is 0. The minimum atomic E-state index is 0. The molecule has 0 atom stereocenters. The van der Waals surface area contributed by atoms with Crippen LogP contribution >= 0.6 is 0 Å². The molecule has 0 unspecified atom stereocenters. The van der Waals surface area contributed by atoms with Crippen LogP contribution < -0.4 is 0 Å². The Bertz CT molecular complexity index is 4.85. The van der Waals surface area contributed by atoms with Gasteiger partial charge in [0.05, 0.1) is 0 Å². The SMILES string of the molecule is [Au].[Au].[Au].[Sn].[Sn]. The van der Waals surface area contributed by atoms with Gasteiger partial charge in [-0.2, -0.15) is 0 Å². The van der Waals surface area contributed by atoms with Crippen molar-refractivity contribution >= 4 is 47.8 Å². The van der Waals surface area contributed by atoms with Crippen LogP contribution in [0.3, 0.4) is 0 Å². The second-order valence-corrected chi connectivity index (χ2v) is 0. The average Bonchev–Trinajstić information content (AvgIpc) is 0. The van der Waals surface area contributed by atoms with E-state index < -0.39 is 0 Å². The topological polar surface area (TPSA) is 0 Å². The Labute approximate surface area is 112 Å². The third-order valence-electron chi connectivity index (χ3n) is 0. The fourth-order valence-corrected chi connectivity index (χ4v) is 0. The van der Waals surface area contributed by atoms with E-state index in [0.717, 1.165) is 0 Å². The van der Waals surface area contributed by atoms with E-state index in [9.17, 15) is 0 Å². The molecule has 0 saturated carbocycles. The third-order valence-corrected chi connectivity index (χ3v) is 0. The maximum Gasteiger partial charge on any atom is 0 e. The molecular formula is Au3Sn2. The Kier molecular flexibility index (Phi) is 184. The minimum absolute atomic E-state index is 0. The van der Waals surface area contributed by atoms with Crippen molar-refractivity contribution in [1.29, 1.82) is 0 Å². The molecule has 5 heavy (non-hydrogen) atoms. The first-order valence-corrected chi connectivity index (χ1v) is 0. The average molecular weight is 828 g/mol. The zero-order chi connectivity index (χ0) is 0. The van der Waals surface area contributed by atoms with Gasteiger partial charge >= 0.3 is 0 Å². The Hall–Kier alpha value is 3.82. The summed E-state index contributed by atoms with van der Waals surface area (Å²) in [5, 5.41) is 0. The van der Waals surface area contributed by atoms with Crippen LogP contribution in [0.1, 0.15) is 0 Å². The monoisotopic (exact) mass is 831 g/mol. The summed E-state index contributed by atoms with van der Waals surface area (Å²) in [5.74, 6) is 0. The van der Waals surface area contributed by atoms with E-state index in [0.29, 0.717) is 0 Å². The van der Waals surface area contributed by atoms with E-state index >= 15 is 0 Å². The van der Waals surface area contributed by atoms with Gasteiger partial charge in [-0.1, -0.05) is 0 Å². The number of rotatable bonds is 0. The predicted octanol–water partition coefficient (Wildman–Crippen LogP) is -0.769.